The van der Waals surface area contributed by atoms with Gasteiger partial charge in [0.05, 0.1) is 12.7 Å². The first-order chi connectivity index (χ1) is 8.63. The van der Waals surface area contributed by atoms with Crippen molar-refractivity contribution in [3.05, 3.63) is 28.8 Å². The van der Waals surface area contributed by atoms with Crippen LogP contribution in [0.4, 0.5) is 0 Å². The van der Waals surface area contributed by atoms with Crippen molar-refractivity contribution in [1.82, 2.24) is 0 Å². The van der Waals surface area contributed by atoms with Crippen molar-refractivity contribution in [2.24, 2.45) is 5.92 Å². The van der Waals surface area contributed by atoms with Crippen LogP contribution in [0, 0.1) is 19.8 Å². The van der Waals surface area contributed by atoms with E-state index >= 15 is 0 Å². The van der Waals surface area contributed by atoms with E-state index in [1.54, 1.807) is 0 Å². The van der Waals surface area contributed by atoms with Gasteiger partial charge in [-0.05, 0) is 68.4 Å². The third-order valence-electron chi connectivity index (χ3n) is 4.03. The van der Waals surface area contributed by atoms with E-state index < -0.39 is 0 Å². The van der Waals surface area contributed by atoms with E-state index in [4.69, 9.17) is 4.74 Å². The lowest BCUT2D eigenvalue weighted by molar-refractivity contribution is 0.111. The molecule has 0 aliphatic heterocycles. The third-order valence-corrected chi connectivity index (χ3v) is 4.03. The highest BCUT2D eigenvalue weighted by atomic mass is 16.5. The summed E-state index contributed by atoms with van der Waals surface area (Å²) in [4.78, 5) is 0. The number of ether oxygens (including phenoxy) is 1. The van der Waals surface area contributed by atoms with E-state index in [2.05, 4.69) is 26.0 Å². The maximum atomic E-state index is 10.5. The van der Waals surface area contributed by atoms with Gasteiger partial charge in [0.1, 0.15) is 5.75 Å². The highest BCUT2D eigenvalue weighted by Crippen LogP contribution is 2.38. The molecule has 1 unspecified atom stereocenters. The summed E-state index contributed by atoms with van der Waals surface area (Å²) in [5.74, 6) is 1.39. The number of hydrogen-bond acceptors (Lipinski definition) is 2. The zero-order chi connectivity index (χ0) is 13.1. The van der Waals surface area contributed by atoms with Crippen LogP contribution in [0.25, 0.3) is 0 Å². The molecule has 0 saturated heterocycles. The molecule has 1 aromatic rings. The number of aryl methyl sites for hydroxylation is 2. The Balaban J connectivity index is 2.24. The van der Waals surface area contributed by atoms with Crippen molar-refractivity contribution in [2.75, 3.05) is 6.61 Å². The average molecular weight is 248 g/mol. The summed E-state index contributed by atoms with van der Waals surface area (Å²) in [6.45, 7) is 6.80. The van der Waals surface area contributed by atoms with Gasteiger partial charge in [0, 0.05) is 0 Å². The maximum absolute atomic E-state index is 10.5. The monoisotopic (exact) mass is 248 g/mol. The van der Waals surface area contributed by atoms with Crippen molar-refractivity contribution in [2.45, 2.75) is 52.6 Å². The molecule has 0 radical (unpaired) electrons. The van der Waals surface area contributed by atoms with Gasteiger partial charge in [-0.25, -0.2) is 0 Å². The van der Waals surface area contributed by atoms with E-state index in [0.717, 1.165) is 35.3 Å². The van der Waals surface area contributed by atoms with Gasteiger partial charge in [-0.2, -0.15) is 0 Å². The number of aliphatic hydroxyl groups is 1. The molecule has 2 nitrogen and oxygen atoms in total. The Hall–Kier alpha value is -1.02. The second kappa shape index (κ2) is 5.75. The Morgan fingerprint density at radius 1 is 1.22 bits per heavy atom. The van der Waals surface area contributed by atoms with E-state index in [-0.39, 0.29) is 6.10 Å². The minimum atomic E-state index is -0.304. The minimum Gasteiger partial charge on any atom is -0.494 e. The van der Waals surface area contributed by atoms with Gasteiger partial charge in [0.25, 0.3) is 0 Å². The standard InChI is InChI=1S/C16H24O2/c1-4-18-15-10-11(2)14(9-12(15)3)16(17)13-7-5-6-8-13/h9-10,13,16-17H,4-8H2,1-3H3. The summed E-state index contributed by atoms with van der Waals surface area (Å²) in [5, 5.41) is 10.5. The Bertz CT molecular complexity index is 406. The molecule has 0 spiro atoms. The molecular formula is C16H24O2. The van der Waals surface area contributed by atoms with Crippen molar-refractivity contribution in [3.8, 4) is 5.75 Å². The lowest BCUT2D eigenvalue weighted by atomic mass is 9.90. The van der Waals surface area contributed by atoms with Crippen molar-refractivity contribution < 1.29 is 9.84 Å². The molecular weight excluding hydrogens is 224 g/mol. The molecule has 1 aromatic carbocycles. The smallest absolute Gasteiger partial charge is 0.122 e. The lowest BCUT2D eigenvalue weighted by Crippen LogP contribution is -2.11. The summed E-state index contributed by atoms with van der Waals surface area (Å²) in [6, 6.07) is 4.16. The first-order valence-electron chi connectivity index (χ1n) is 7.05. The highest BCUT2D eigenvalue weighted by molar-refractivity contribution is 5.42. The second-order valence-corrected chi connectivity index (χ2v) is 5.40. The first-order valence-corrected chi connectivity index (χ1v) is 7.05. The number of aliphatic hydroxyl groups excluding tert-OH is 1. The number of benzene rings is 1. The van der Waals surface area contributed by atoms with Crippen LogP contribution in [-0.2, 0) is 0 Å². The van der Waals surface area contributed by atoms with Crippen LogP contribution in [0.15, 0.2) is 12.1 Å². The average Bonchev–Trinajstić information content (AvgIpc) is 2.86. The van der Waals surface area contributed by atoms with Gasteiger partial charge in [-0.15, -0.1) is 0 Å². The largest absolute Gasteiger partial charge is 0.494 e. The Labute approximate surface area is 110 Å². The van der Waals surface area contributed by atoms with E-state index in [1.807, 2.05) is 6.92 Å². The zero-order valence-corrected chi connectivity index (χ0v) is 11.7. The molecule has 18 heavy (non-hydrogen) atoms. The fourth-order valence-electron chi connectivity index (χ4n) is 2.97. The van der Waals surface area contributed by atoms with Crippen LogP contribution in [0.1, 0.15) is 55.4 Å². The summed E-state index contributed by atoms with van der Waals surface area (Å²) in [6.07, 6.45) is 4.54. The Morgan fingerprint density at radius 3 is 2.50 bits per heavy atom. The summed E-state index contributed by atoms with van der Waals surface area (Å²) in [7, 11) is 0. The van der Waals surface area contributed by atoms with Crippen molar-refractivity contribution in [1.29, 1.82) is 0 Å². The second-order valence-electron chi connectivity index (χ2n) is 5.40. The topological polar surface area (TPSA) is 29.5 Å². The summed E-state index contributed by atoms with van der Waals surface area (Å²) < 4.78 is 5.60. The predicted molar refractivity (Wildman–Crippen MR) is 74.0 cm³/mol. The van der Waals surface area contributed by atoms with Crippen LogP contribution in [0.3, 0.4) is 0 Å². The van der Waals surface area contributed by atoms with Gasteiger partial charge in [-0.1, -0.05) is 12.8 Å². The van der Waals surface area contributed by atoms with E-state index in [1.165, 1.54) is 12.8 Å². The van der Waals surface area contributed by atoms with Gasteiger partial charge in [-0.3, -0.25) is 0 Å². The van der Waals surface area contributed by atoms with Crippen LogP contribution < -0.4 is 4.74 Å². The molecule has 1 atom stereocenters. The molecule has 1 N–H and O–H groups in total. The molecule has 1 fully saturated rings. The molecule has 0 bridgehead atoms. The van der Waals surface area contributed by atoms with Crippen LogP contribution >= 0.6 is 0 Å². The fourth-order valence-corrected chi connectivity index (χ4v) is 2.97. The van der Waals surface area contributed by atoms with E-state index in [9.17, 15) is 5.11 Å². The van der Waals surface area contributed by atoms with Gasteiger partial charge < -0.3 is 9.84 Å². The molecule has 0 amide bonds. The molecule has 1 aliphatic carbocycles. The lowest BCUT2D eigenvalue weighted by Gasteiger charge is -2.21. The summed E-state index contributed by atoms with van der Waals surface area (Å²) >= 11 is 0. The number of rotatable bonds is 4. The van der Waals surface area contributed by atoms with Gasteiger partial charge >= 0.3 is 0 Å². The quantitative estimate of drug-likeness (QED) is 0.875. The normalized spacial score (nSPS) is 18.0. The molecule has 0 aromatic heterocycles. The molecule has 1 saturated carbocycles. The van der Waals surface area contributed by atoms with Gasteiger partial charge in [0.15, 0.2) is 0 Å². The van der Waals surface area contributed by atoms with Crippen LogP contribution in [0.2, 0.25) is 0 Å². The van der Waals surface area contributed by atoms with Crippen LogP contribution in [0.5, 0.6) is 5.75 Å². The Kier molecular flexibility index (Phi) is 4.28. The Morgan fingerprint density at radius 2 is 1.89 bits per heavy atom. The summed E-state index contributed by atoms with van der Waals surface area (Å²) in [5.41, 5.74) is 3.35. The third kappa shape index (κ3) is 2.69. The van der Waals surface area contributed by atoms with Crippen molar-refractivity contribution >= 4 is 0 Å². The minimum absolute atomic E-state index is 0.304. The molecule has 0 heterocycles. The fraction of sp³-hybridized carbons (Fsp3) is 0.625. The maximum Gasteiger partial charge on any atom is 0.122 e. The zero-order valence-electron chi connectivity index (χ0n) is 11.7. The molecule has 1 aliphatic rings. The first kappa shape index (κ1) is 13.4. The van der Waals surface area contributed by atoms with Gasteiger partial charge in [0.2, 0.25) is 0 Å². The molecule has 100 valence electrons. The molecule has 2 rings (SSSR count). The SMILES string of the molecule is CCOc1cc(C)c(C(O)C2CCCC2)cc1C. The highest BCUT2D eigenvalue weighted by Gasteiger charge is 2.26. The number of hydrogen-bond donors (Lipinski definition) is 1. The van der Waals surface area contributed by atoms with Crippen molar-refractivity contribution in [3.63, 3.8) is 0 Å². The van der Waals surface area contributed by atoms with Crippen LogP contribution in [-0.4, -0.2) is 11.7 Å². The molecule has 2 heteroatoms. The predicted octanol–water partition coefficient (Wildman–Crippen LogP) is 3.93. The van der Waals surface area contributed by atoms with E-state index in [0.29, 0.717) is 12.5 Å².